The molecule has 2 rings (SSSR count). The van der Waals surface area contributed by atoms with Crippen LogP contribution in [0.2, 0.25) is 5.15 Å². The number of carbonyl (C=O) groups excluding carboxylic acids is 1. The van der Waals surface area contributed by atoms with Crippen molar-refractivity contribution >= 4 is 23.2 Å². The van der Waals surface area contributed by atoms with Gasteiger partial charge in [0.15, 0.2) is 10.8 Å². The third-order valence-electron chi connectivity index (χ3n) is 1.60. The summed E-state index contributed by atoms with van der Waals surface area (Å²) in [5.74, 6) is -0.626. The molecule has 0 spiro atoms. The van der Waals surface area contributed by atoms with Crippen molar-refractivity contribution in [3.8, 4) is 0 Å². The maximum absolute atomic E-state index is 10.9. The van der Waals surface area contributed by atoms with E-state index in [9.17, 15) is 4.79 Å². The van der Waals surface area contributed by atoms with E-state index >= 15 is 0 Å². The van der Waals surface area contributed by atoms with Crippen molar-refractivity contribution in [1.29, 1.82) is 0 Å². The highest BCUT2D eigenvalue weighted by molar-refractivity contribution is 6.33. The molecule has 0 saturated carbocycles. The number of primary amides is 1. The molecule has 0 saturated heterocycles. The number of halogens is 1. The standard InChI is InChI=1S/C7H5ClN4O/c8-5-4(6(9)13)7-10-2-1-3-12(7)11-5/h1-3H,(H2,9,13). The first kappa shape index (κ1) is 8.00. The molecule has 0 aliphatic heterocycles. The Morgan fingerprint density at radius 2 is 2.38 bits per heavy atom. The first-order valence-electron chi connectivity index (χ1n) is 3.49. The van der Waals surface area contributed by atoms with Crippen LogP contribution in [0.4, 0.5) is 0 Å². The number of carbonyl (C=O) groups is 1. The van der Waals surface area contributed by atoms with Crippen LogP contribution in [0.15, 0.2) is 18.5 Å². The van der Waals surface area contributed by atoms with Gasteiger partial charge in [0, 0.05) is 12.4 Å². The molecule has 0 atom stereocenters. The first-order valence-corrected chi connectivity index (χ1v) is 3.86. The van der Waals surface area contributed by atoms with Crippen LogP contribution in [0.25, 0.3) is 5.65 Å². The molecule has 0 bridgehead atoms. The van der Waals surface area contributed by atoms with Crippen LogP contribution in [-0.4, -0.2) is 20.5 Å². The third kappa shape index (κ3) is 1.13. The summed E-state index contributed by atoms with van der Waals surface area (Å²) in [4.78, 5) is 14.9. The molecule has 2 N–H and O–H groups in total. The predicted octanol–water partition coefficient (Wildman–Crippen LogP) is 0.482. The minimum absolute atomic E-state index is 0.0752. The molecule has 0 aromatic carbocycles. The van der Waals surface area contributed by atoms with Crippen molar-refractivity contribution < 1.29 is 4.79 Å². The summed E-state index contributed by atoms with van der Waals surface area (Å²) in [6, 6.07) is 1.68. The zero-order valence-electron chi connectivity index (χ0n) is 6.44. The van der Waals surface area contributed by atoms with Crippen molar-refractivity contribution in [3.05, 3.63) is 29.2 Å². The lowest BCUT2D eigenvalue weighted by molar-refractivity contribution is 0.100. The molecule has 2 heterocycles. The van der Waals surface area contributed by atoms with E-state index in [4.69, 9.17) is 17.3 Å². The third-order valence-corrected chi connectivity index (χ3v) is 1.86. The minimum atomic E-state index is -0.626. The molecule has 0 radical (unpaired) electrons. The molecule has 13 heavy (non-hydrogen) atoms. The van der Waals surface area contributed by atoms with Crippen molar-refractivity contribution in [2.75, 3.05) is 0 Å². The molecule has 0 fully saturated rings. The molecular weight excluding hydrogens is 192 g/mol. The van der Waals surface area contributed by atoms with Crippen LogP contribution in [0.3, 0.4) is 0 Å². The normalized spacial score (nSPS) is 10.5. The van der Waals surface area contributed by atoms with Gasteiger partial charge in [0.25, 0.3) is 5.91 Å². The van der Waals surface area contributed by atoms with Crippen LogP contribution in [0.5, 0.6) is 0 Å². The van der Waals surface area contributed by atoms with Crippen molar-refractivity contribution in [2.45, 2.75) is 0 Å². The van der Waals surface area contributed by atoms with Gasteiger partial charge in [-0.1, -0.05) is 11.6 Å². The van der Waals surface area contributed by atoms with Gasteiger partial charge >= 0.3 is 0 Å². The average Bonchev–Trinajstić information content (AvgIpc) is 2.39. The predicted molar refractivity (Wildman–Crippen MR) is 46.5 cm³/mol. The maximum Gasteiger partial charge on any atom is 0.255 e. The van der Waals surface area contributed by atoms with Gasteiger partial charge in [-0.2, -0.15) is 5.10 Å². The highest BCUT2D eigenvalue weighted by Gasteiger charge is 2.16. The number of rotatable bonds is 1. The summed E-state index contributed by atoms with van der Waals surface area (Å²) < 4.78 is 1.41. The molecule has 6 heteroatoms. The van der Waals surface area contributed by atoms with Gasteiger partial charge in [-0.3, -0.25) is 4.79 Å². The summed E-state index contributed by atoms with van der Waals surface area (Å²) >= 11 is 5.69. The zero-order valence-corrected chi connectivity index (χ0v) is 7.19. The fourth-order valence-electron chi connectivity index (χ4n) is 1.07. The van der Waals surface area contributed by atoms with Crippen molar-refractivity contribution in [1.82, 2.24) is 14.6 Å². The van der Waals surface area contributed by atoms with E-state index in [-0.39, 0.29) is 10.7 Å². The summed E-state index contributed by atoms with van der Waals surface area (Å²) in [6.45, 7) is 0. The number of nitrogens with zero attached hydrogens (tertiary/aromatic N) is 3. The molecule has 2 aromatic rings. The summed E-state index contributed by atoms with van der Waals surface area (Å²) in [5.41, 5.74) is 5.64. The van der Waals surface area contributed by atoms with Crippen molar-refractivity contribution in [3.63, 3.8) is 0 Å². The molecule has 0 aliphatic rings. The van der Waals surface area contributed by atoms with Gasteiger partial charge in [0.05, 0.1) is 0 Å². The van der Waals surface area contributed by atoms with Gasteiger partial charge in [-0.05, 0) is 6.07 Å². The second-order valence-corrected chi connectivity index (χ2v) is 2.78. The monoisotopic (exact) mass is 196 g/mol. The first-order chi connectivity index (χ1) is 6.20. The molecule has 0 unspecified atom stereocenters. The Balaban J connectivity index is 2.86. The summed E-state index contributed by atoms with van der Waals surface area (Å²) in [7, 11) is 0. The van der Waals surface area contributed by atoms with Gasteiger partial charge in [0.2, 0.25) is 0 Å². The fourth-order valence-corrected chi connectivity index (χ4v) is 1.33. The molecule has 2 aromatic heterocycles. The number of fused-ring (bicyclic) bond motifs is 1. The topological polar surface area (TPSA) is 73.3 Å². The van der Waals surface area contributed by atoms with Crippen LogP contribution in [-0.2, 0) is 0 Å². The Bertz CT molecular complexity index is 478. The van der Waals surface area contributed by atoms with E-state index in [1.54, 1.807) is 18.5 Å². The Morgan fingerprint density at radius 3 is 3.08 bits per heavy atom. The second-order valence-electron chi connectivity index (χ2n) is 2.42. The van der Waals surface area contributed by atoms with Crippen LogP contribution < -0.4 is 5.73 Å². The lowest BCUT2D eigenvalue weighted by atomic mass is 10.3. The molecule has 1 amide bonds. The Morgan fingerprint density at radius 1 is 1.62 bits per heavy atom. The van der Waals surface area contributed by atoms with Gasteiger partial charge < -0.3 is 5.73 Å². The lowest BCUT2D eigenvalue weighted by Gasteiger charge is -1.90. The molecule has 5 nitrogen and oxygen atoms in total. The van der Waals surface area contributed by atoms with Crippen LogP contribution in [0.1, 0.15) is 10.4 Å². The Kier molecular flexibility index (Phi) is 1.66. The number of hydrogen-bond acceptors (Lipinski definition) is 3. The Hall–Kier alpha value is -1.62. The number of hydrogen-bond donors (Lipinski definition) is 1. The van der Waals surface area contributed by atoms with Gasteiger partial charge in [0.1, 0.15) is 5.56 Å². The SMILES string of the molecule is NC(=O)c1c(Cl)nn2cccnc12. The fraction of sp³-hybridized carbons (Fsp3) is 0. The minimum Gasteiger partial charge on any atom is -0.365 e. The van der Waals surface area contributed by atoms with Crippen LogP contribution in [0, 0.1) is 0 Å². The van der Waals surface area contributed by atoms with E-state index in [0.717, 1.165) is 0 Å². The van der Waals surface area contributed by atoms with Crippen molar-refractivity contribution in [2.24, 2.45) is 5.73 Å². The summed E-state index contributed by atoms with van der Waals surface area (Å²) in [5, 5.41) is 3.93. The van der Waals surface area contributed by atoms with E-state index < -0.39 is 5.91 Å². The molecule has 0 aliphatic carbocycles. The van der Waals surface area contributed by atoms with E-state index in [1.807, 2.05) is 0 Å². The van der Waals surface area contributed by atoms with E-state index in [0.29, 0.717) is 5.65 Å². The largest absolute Gasteiger partial charge is 0.365 e. The lowest BCUT2D eigenvalue weighted by Crippen LogP contribution is -2.11. The summed E-state index contributed by atoms with van der Waals surface area (Å²) in [6.07, 6.45) is 3.18. The second kappa shape index (κ2) is 2.70. The van der Waals surface area contributed by atoms with Crippen LogP contribution >= 0.6 is 11.6 Å². The van der Waals surface area contributed by atoms with E-state index in [2.05, 4.69) is 10.1 Å². The number of nitrogens with two attached hydrogens (primary N) is 1. The zero-order chi connectivity index (χ0) is 9.42. The number of aromatic nitrogens is 3. The highest BCUT2D eigenvalue weighted by atomic mass is 35.5. The average molecular weight is 197 g/mol. The van der Waals surface area contributed by atoms with Gasteiger partial charge in [-0.15, -0.1) is 0 Å². The molecule has 66 valence electrons. The maximum atomic E-state index is 10.9. The highest BCUT2D eigenvalue weighted by Crippen LogP contribution is 2.17. The molecular formula is C7H5ClN4O. The van der Waals surface area contributed by atoms with E-state index in [1.165, 1.54) is 4.52 Å². The smallest absolute Gasteiger partial charge is 0.255 e. The Labute approximate surface area is 78.1 Å². The number of amides is 1. The van der Waals surface area contributed by atoms with Gasteiger partial charge in [-0.25, -0.2) is 9.50 Å². The quantitative estimate of drug-likeness (QED) is 0.721.